The van der Waals surface area contributed by atoms with Crippen LogP contribution in [0.2, 0.25) is 5.15 Å². The minimum absolute atomic E-state index is 0.289. The number of hydrogen-bond donors (Lipinski definition) is 0. The highest BCUT2D eigenvalue weighted by molar-refractivity contribution is 6.30. The molecule has 0 spiro atoms. The third kappa shape index (κ3) is 2.11. The van der Waals surface area contributed by atoms with Gasteiger partial charge in [-0.2, -0.15) is 0 Å². The molecule has 0 saturated heterocycles. The number of aromatic nitrogens is 1. The first-order valence-electron chi connectivity index (χ1n) is 7.02. The molecule has 0 bridgehead atoms. The second-order valence-electron chi connectivity index (χ2n) is 5.47. The van der Waals surface area contributed by atoms with E-state index in [9.17, 15) is 9.59 Å². The summed E-state index contributed by atoms with van der Waals surface area (Å²) in [5, 5.41) is 0.326. The number of hydrogen-bond acceptors (Lipinski definition) is 3. The molecule has 2 heterocycles. The van der Waals surface area contributed by atoms with Gasteiger partial charge in [-0.25, -0.2) is 4.98 Å². The highest BCUT2D eigenvalue weighted by atomic mass is 35.5. The lowest BCUT2D eigenvalue weighted by molar-refractivity contribution is 0.0595. The first-order valence-corrected chi connectivity index (χ1v) is 7.40. The number of halogens is 1. The maximum absolute atomic E-state index is 12.5. The Labute approximate surface area is 133 Å². The number of benzene rings is 1. The number of nitrogens with zero attached hydrogens (tertiary/aromatic N) is 2. The van der Waals surface area contributed by atoms with E-state index >= 15 is 0 Å². The number of carbonyl (C=O) groups is 2. The topological polar surface area (TPSA) is 50.3 Å². The molecule has 2 aromatic rings. The lowest BCUT2D eigenvalue weighted by Gasteiger charge is -2.24. The van der Waals surface area contributed by atoms with Gasteiger partial charge in [0.25, 0.3) is 11.8 Å². The van der Waals surface area contributed by atoms with Crippen molar-refractivity contribution in [1.82, 2.24) is 9.88 Å². The van der Waals surface area contributed by atoms with Gasteiger partial charge in [-0.15, -0.1) is 0 Å². The third-order valence-corrected chi connectivity index (χ3v) is 4.41. The molecule has 0 radical (unpaired) electrons. The first-order chi connectivity index (χ1) is 10.4. The zero-order chi connectivity index (χ0) is 16.0. The summed E-state index contributed by atoms with van der Waals surface area (Å²) in [5.74, 6) is -0.579. The molecule has 2 amide bonds. The summed E-state index contributed by atoms with van der Waals surface area (Å²) < 4.78 is 0. The molecule has 1 unspecified atom stereocenters. The summed E-state index contributed by atoms with van der Waals surface area (Å²) in [6.45, 7) is 5.59. The molecular weight excluding hydrogens is 300 g/mol. The summed E-state index contributed by atoms with van der Waals surface area (Å²) in [6.07, 6.45) is 0. The molecular formula is C17H15ClN2O2. The summed E-state index contributed by atoms with van der Waals surface area (Å²) in [6, 6.07) is 8.27. The minimum Gasteiger partial charge on any atom is -0.269 e. The summed E-state index contributed by atoms with van der Waals surface area (Å²) in [5.41, 5.74) is 3.37. The van der Waals surface area contributed by atoms with E-state index in [1.807, 2.05) is 19.9 Å². The predicted molar refractivity (Wildman–Crippen MR) is 84.1 cm³/mol. The Morgan fingerprint density at radius 2 is 1.64 bits per heavy atom. The minimum atomic E-state index is -0.466. The van der Waals surface area contributed by atoms with E-state index in [4.69, 9.17) is 11.6 Å². The fourth-order valence-electron chi connectivity index (χ4n) is 2.69. The molecule has 3 rings (SSSR count). The van der Waals surface area contributed by atoms with Crippen molar-refractivity contribution in [3.05, 3.63) is 63.4 Å². The number of pyridine rings is 1. The van der Waals surface area contributed by atoms with Crippen LogP contribution in [0.15, 0.2) is 30.3 Å². The van der Waals surface area contributed by atoms with Gasteiger partial charge in [-0.05, 0) is 44.5 Å². The normalized spacial score (nSPS) is 15.2. The number of imide groups is 1. The maximum Gasteiger partial charge on any atom is 0.262 e. The molecule has 0 N–H and O–H groups in total. The Morgan fingerprint density at radius 3 is 2.18 bits per heavy atom. The second-order valence-corrected chi connectivity index (χ2v) is 5.83. The van der Waals surface area contributed by atoms with Crippen molar-refractivity contribution in [2.45, 2.75) is 26.8 Å². The third-order valence-electron chi connectivity index (χ3n) is 4.11. The molecule has 0 saturated carbocycles. The summed E-state index contributed by atoms with van der Waals surface area (Å²) >= 11 is 6.22. The monoisotopic (exact) mass is 314 g/mol. The van der Waals surface area contributed by atoms with Crippen LogP contribution in [0.4, 0.5) is 0 Å². The van der Waals surface area contributed by atoms with E-state index in [0.29, 0.717) is 21.8 Å². The molecule has 1 aliphatic rings. The lowest BCUT2D eigenvalue weighted by Crippen LogP contribution is -2.32. The van der Waals surface area contributed by atoms with Crippen LogP contribution in [0, 0.1) is 13.8 Å². The van der Waals surface area contributed by atoms with E-state index < -0.39 is 6.04 Å². The fourth-order valence-corrected chi connectivity index (χ4v) is 3.03. The molecule has 1 aliphatic heterocycles. The van der Waals surface area contributed by atoms with Crippen LogP contribution in [-0.2, 0) is 0 Å². The zero-order valence-corrected chi connectivity index (χ0v) is 13.3. The van der Waals surface area contributed by atoms with Gasteiger partial charge in [-0.3, -0.25) is 14.5 Å². The van der Waals surface area contributed by atoms with Gasteiger partial charge in [0.2, 0.25) is 0 Å². The van der Waals surface area contributed by atoms with Gasteiger partial charge in [0, 0.05) is 11.3 Å². The molecule has 1 aromatic heterocycles. The van der Waals surface area contributed by atoms with E-state index in [2.05, 4.69) is 4.98 Å². The van der Waals surface area contributed by atoms with Crippen LogP contribution in [0.5, 0.6) is 0 Å². The fraction of sp³-hybridized carbons (Fsp3) is 0.235. The number of rotatable bonds is 2. The predicted octanol–water partition coefficient (Wildman–Crippen LogP) is 3.71. The van der Waals surface area contributed by atoms with Crippen molar-refractivity contribution in [3.8, 4) is 0 Å². The molecule has 4 nitrogen and oxygen atoms in total. The highest BCUT2D eigenvalue weighted by Crippen LogP contribution is 2.34. The van der Waals surface area contributed by atoms with Crippen LogP contribution in [-0.4, -0.2) is 21.7 Å². The van der Waals surface area contributed by atoms with Crippen LogP contribution in [0.1, 0.15) is 50.5 Å². The summed E-state index contributed by atoms with van der Waals surface area (Å²) in [4.78, 5) is 30.6. The number of amides is 2. The first kappa shape index (κ1) is 14.7. The highest BCUT2D eigenvalue weighted by Gasteiger charge is 2.39. The SMILES string of the molecule is Cc1cc(C(C)N2C(=O)c3ccccc3C2=O)c(Cl)nc1C. The van der Waals surface area contributed by atoms with E-state index in [-0.39, 0.29) is 11.8 Å². The number of carbonyl (C=O) groups excluding carboxylic acids is 2. The van der Waals surface area contributed by atoms with Crippen molar-refractivity contribution < 1.29 is 9.59 Å². The number of fused-ring (bicyclic) bond motifs is 1. The van der Waals surface area contributed by atoms with E-state index in [1.54, 1.807) is 31.2 Å². The molecule has 0 fully saturated rings. The largest absolute Gasteiger partial charge is 0.269 e. The van der Waals surface area contributed by atoms with Crippen molar-refractivity contribution >= 4 is 23.4 Å². The van der Waals surface area contributed by atoms with Crippen LogP contribution in [0.25, 0.3) is 0 Å². The van der Waals surface area contributed by atoms with E-state index in [0.717, 1.165) is 11.3 Å². The van der Waals surface area contributed by atoms with Gasteiger partial charge >= 0.3 is 0 Å². The van der Waals surface area contributed by atoms with Crippen molar-refractivity contribution in [3.63, 3.8) is 0 Å². The van der Waals surface area contributed by atoms with Gasteiger partial charge < -0.3 is 0 Å². The Kier molecular flexibility index (Phi) is 3.49. The molecule has 0 aliphatic carbocycles. The van der Waals surface area contributed by atoms with Gasteiger partial charge in [-0.1, -0.05) is 23.7 Å². The molecule has 22 heavy (non-hydrogen) atoms. The van der Waals surface area contributed by atoms with Crippen LogP contribution in [0.3, 0.4) is 0 Å². The van der Waals surface area contributed by atoms with Gasteiger partial charge in [0.05, 0.1) is 17.2 Å². The zero-order valence-electron chi connectivity index (χ0n) is 12.6. The quantitative estimate of drug-likeness (QED) is 0.627. The molecule has 5 heteroatoms. The molecule has 1 aromatic carbocycles. The van der Waals surface area contributed by atoms with Crippen molar-refractivity contribution in [1.29, 1.82) is 0 Å². The Bertz CT molecular complexity index is 766. The molecule has 1 atom stereocenters. The Hall–Kier alpha value is -2.20. The van der Waals surface area contributed by atoms with Gasteiger partial charge in [0.1, 0.15) is 5.15 Å². The average Bonchev–Trinajstić information content (AvgIpc) is 2.75. The maximum atomic E-state index is 12.5. The van der Waals surface area contributed by atoms with Gasteiger partial charge in [0.15, 0.2) is 0 Å². The van der Waals surface area contributed by atoms with Crippen molar-refractivity contribution in [2.75, 3.05) is 0 Å². The summed E-state index contributed by atoms with van der Waals surface area (Å²) in [7, 11) is 0. The second kappa shape index (κ2) is 5.21. The van der Waals surface area contributed by atoms with Crippen molar-refractivity contribution in [2.24, 2.45) is 0 Å². The van der Waals surface area contributed by atoms with Crippen LogP contribution < -0.4 is 0 Å². The lowest BCUT2D eigenvalue weighted by atomic mass is 10.1. The smallest absolute Gasteiger partial charge is 0.262 e. The van der Waals surface area contributed by atoms with Crippen LogP contribution >= 0.6 is 11.6 Å². The number of aryl methyl sites for hydroxylation is 2. The standard InChI is InChI=1S/C17H15ClN2O2/c1-9-8-14(15(18)19-10(9)2)11(3)20-16(21)12-6-4-5-7-13(12)17(20)22/h4-8,11H,1-3H3. The average molecular weight is 315 g/mol. The Morgan fingerprint density at radius 1 is 1.09 bits per heavy atom. The Balaban J connectivity index is 2.04. The van der Waals surface area contributed by atoms with E-state index in [1.165, 1.54) is 4.90 Å². The molecule has 112 valence electrons.